The molecule has 0 aliphatic rings. The number of carbonyl (C=O) groups excluding carboxylic acids is 1. The van der Waals surface area contributed by atoms with E-state index in [1.807, 2.05) is 0 Å². The van der Waals surface area contributed by atoms with Crippen LogP contribution in [0.15, 0.2) is 0 Å². The summed E-state index contributed by atoms with van der Waals surface area (Å²) in [4.78, 5) is 13.0. The summed E-state index contributed by atoms with van der Waals surface area (Å²) in [5.41, 5.74) is 0. The minimum atomic E-state index is 0.116. The van der Waals surface area contributed by atoms with E-state index in [2.05, 4.69) is 20.8 Å². The Kier molecular flexibility index (Phi) is 36.2. The summed E-state index contributed by atoms with van der Waals surface area (Å²) in [5, 5.41) is 0. The van der Waals surface area contributed by atoms with Crippen LogP contribution in [0.4, 0.5) is 0 Å². The van der Waals surface area contributed by atoms with Gasteiger partial charge in [0.05, 0.1) is 12.5 Å². The predicted octanol–water partition coefficient (Wildman–Crippen LogP) is 14.5. The van der Waals surface area contributed by atoms with Gasteiger partial charge in [-0.3, -0.25) is 4.79 Å². The number of hydrogen-bond acceptors (Lipinski definition) is 2. The maximum absolute atomic E-state index is 13.0. The average Bonchev–Trinajstić information content (AvgIpc) is 3.00. The van der Waals surface area contributed by atoms with Gasteiger partial charge in [0.25, 0.3) is 0 Å². The second kappa shape index (κ2) is 36.7. The molecule has 2 heteroatoms. The van der Waals surface area contributed by atoms with Crippen molar-refractivity contribution in [2.75, 3.05) is 6.61 Å². The molecule has 0 bridgehead atoms. The predicted molar refractivity (Wildman–Crippen MR) is 188 cm³/mol. The van der Waals surface area contributed by atoms with Gasteiger partial charge < -0.3 is 4.74 Å². The van der Waals surface area contributed by atoms with E-state index in [-0.39, 0.29) is 11.9 Å². The standard InChI is InChI=1S/C40H80O2/c1-4-7-10-13-16-19-22-23-26-29-32-35-38-42-40(41)39(36-33-30-27-24-20-17-14-11-8-5-2)37-34-31-28-25-21-18-15-12-9-6-3/h39H,4-38H2,1-3H3. The van der Waals surface area contributed by atoms with Gasteiger partial charge in [0.15, 0.2) is 0 Å². The number of esters is 1. The molecule has 2 nitrogen and oxygen atoms in total. The van der Waals surface area contributed by atoms with Gasteiger partial charge in [0, 0.05) is 0 Å². The van der Waals surface area contributed by atoms with Gasteiger partial charge in [-0.2, -0.15) is 0 Å². The molecule has 0 saturated carbocycles. The molecule has 0 aromatic heterocycles. The Balaban J connectivity index is 4.03. The van der Waals surface area contributed by atoms with E-state index >= 15 is 0 Å². The third kappa shape index (κ3) is 32.4. The van der Waals surface area contributed by atoms with E-state index in [1.54, 1.807) is 0 Å². The van der Waals surface area contributed by atoms with Crippen LogP contribution >= 0.6 is 0 Å². The Hall–Kier alpha value is -0.530. The van der Waals surface area contributed by atoms with Crippen LogP contribution in [-0.4, -0.2) is 12.6 Å². The lowest BCUT2D eigenvalue weighted by atomic mass is 9.94. The molecule has 0 atom stereocenters. The zero-order valence-corrected chi connectivity index (χ0v) is 29.6. The highest BCUT2D eigenvalue weighted by Crippen LogP contribution is 2.22. The van der Waals surface area contributed by atoms with E-state index < -0.39 is 0 Å². The molecule has 0 aromatic carbocycles. The average molecular weight is 593 g/mol. The van der Waals surface area contributed by atoms with Crippen LogP contribution in [0.5, 0.6) is 0 Å². The Bertz CT molecular complexity index is 478. The fourth-order valence-electron chi connectivity index (χ4n) is 6.37. The van der Waals surface area contributed by atoms with Gasteiger partial charge in [-0.05, 0) is 19.3 Å². The summed E-state index contributed by atoms with van der Waals surface area (Å²) in [5.74, 6) is 0.260. The van der Waals surface area contributed by atoms with Gasteiger partial charge in [0.1, 0.15) is 0 Å². The maximum atomic E-state index is 13.0. The molecule has 42 heavy (non-hydrogen) atoms. The molecule has 252 valence electrons. The lowest BCUT2D eigenvalue weighted by molar-refractivity contribution is -0.149. The van der Waals surface area contributed by atoms with Gasteiger partial charge in [-0.1, -0.05) is 220 Å². The second-order valence-corrected chi connectivity index (χ2v) is 13.7. The molecular weight excluding hydrogens is 512 g/mol. The highest BCUT2D eigenvalue weighted by atomic mass is 16.5. The normalized spacial score (nSPS) is 11.5. The Labute approximate surface area is 266 Å². The molecule has 0 N–H and O–H groups in total. The van der Waals surface area contributed by atoms with E-state index in [9.17, 15) is 4.79 Å². The first kappa shape index (κ1) is 41.5. The highest BCUT2D eigenvalue weighted by molar-refractivity contribution is 5.72. The van der Waals surface area contributed by atoms with Crippen molar-refractivity contribution >= 4 is 5.97 Å². The molecule has 0 aliphatic carbocycles. The number of rotatable bonds is 36. The van der Waals surface area contributed by atoms with Crippen LogP contribution in [0.1, 0.15) is 239 Å². The van der Waals surface area contributed by atoms with Crippen molar-refractivity contribution in [3.8, 4) is 0 Å². The van der Waals surface area contributed by atoms with E-state index in [1.165, 1.54) is 199 Å². The van der Waals surface area contributed by atoms with Crippen LogP contribution < -0.4 is 0 Å². The summed E-state index contributed by atoms with van der Waals surface area (Å²) >= 11 is 0. The first-order valence-corrected chi connectivity index (χ1v) is 19.9. The molecule has 0 fully saturated rings. The summed E-state index contributed by atoms with van der Waals surface area (Å²) in [7, 11) is 0. The van der Waals surface area contributed by atoms with Crippen molar-refractivity contribution in [2.24, 2.45) is 5.92 Å². The Morgan fingerprint density at radius 1 is 0.357 bits per heavy atom. The largest absolute Gasteiger partial charge is 0.465 e. The quantitative estimate of drug-likeness (QED) is 0.0534. The third-order valence-electron chi connectivity index (χ3n) is 9.39. The summed E-state index contributed by atoms with van der Waals surface area (Å²) in [6.07, 6.45) is 45.4. The molecule has 0 amide bonds. The van der Waals surface area contributed by atoms with Crippen molar-refractivity contribution in [3.05, 3.63) is 0 Å². The van der Waals surface area contributed by atoms with Crippen LogP contribution in [0.2, 0.25) is 0 Å². The van der Waals surface area contributed by atoms with Gasteiger partial charge >= 0.3 is 5.97 Å². The lowest BCUT2D eigenvalue weighted by Gasteiger charge is -2.16. The van der Waals surface area contributed by atoms with Gasteiger partial charge in [0.2, 0.25) is 0 Å². The van der Waals surface area contributed by atoms with Gasteiger partial charge in [-0.25, -0.2) is 0 Å². The smallest absolute Gasteiger partial charge is 0.308 e. The molecule has 0 aromatic rings. The van der Waals surface area contributed by atoms with Crippen molar-refractivity contribution in [2.45, 2.75) is 239 Å². The van der Waals surface area contributed by atoms with E-state index in [0.717, 1.165) is 19.3 Å². The summed E-state index contributed by atoms with van der Waals surface area (Å²) in [6, 6.07) is 0. The van der Waals surface area contributed by atoms with Crippen molar-refractivity contribution in [1.29, 1.82) is 0 Å². The summed E-state index contributed by atoms with van der Waals surface area (Å²) < 4.78 is 5.84. The number of carbonyl (C=O) groups is 1. The lowest BCUT2D eigenvalue weighted by Crippen LogP contribution is -2.18. The first-order chi connectivity index (χ1) is 20.8. The van der Waals surface area contributed by atoms with Crippen molar-refractivity contribution in [1.82, 2.24) is 0 Å². The SMILES string of the molecule is CCCCCCCCCCCCCCOC(=O)C(CCCCCCCCCCCC)CCCCCCCCCCCC. The topological polar surface area (TPSA) is 26.3 Å². The Morgan fingerprint density at radius 3 is 0.881 bits per heavy atom. The van der Waals surface area contributed by atoms with Gasteiger partial charge in [-0.15, -0.1) is 0 Å². The molecule has 0 unspecified atom stereocenters. The van der Waals surface area contributed by atoms with Crippen LogP contribution in [0.25, 0.3) is 0 Å². The fourth-order valence-corrected chi connectivity index (χ4v) is 6.37. The molecule has 0 aliphatic heterocycles. The zero-order valence-electron chi connectivity index (χ0n) is 29.6. The molecule has 0 spiro atoms. The third-order valence-corrected chi connectivity index (χ3v) is 9.39. The van der Waals surface area contributed by atoms with Crippen molar-refractivity contribution in [3.63, 3.8) is 0 Å². The Morgan fingerprint density at radius 2 is 0.595 bits per heavy atom. The number of hydrogen-bond donors (Lipinski definition) is 0. The number of ether oxygens (including phenoxy) is 1. The maximum Gasteiger partial charge on any atom is 0.308 e. The minimum absolute atomic E-state index is 0.116. The van der Waals surface area contributed by atoms with Crippen LogP contribution in [0, 0.1) is 5.92 Å². The highest BCUT2D eigenvalue weighted by Gasteiger charge is 2.19. The first-order valence-electron chi connectivity index (χ1n) is 19.9. The fraction of sp³-hybridized carbons (Fsp3) is 0.975. The van der Waals surface area contributed by atoms with Crippen molar-refractivity contribution < 1.29 is 9.53 Å². The van der Waals surface area contributed by atoms with Crippen LogP contribution in [-0.2, 0) is 9.53 Å². The minimum Gasteiger partial charge on any atom is -0.465 e. The number of unbranched alkanes of at least 4 members (excludes halogenated alkanes) is 29. The van der Waals surface area contributed by atoms with Crippen LogP contribution in [0.3, 0.4) is 0 Å². The zero-order chi connectivity index (χ0) is 30.6. The second-order valence-electron chi connectivity index (χ2n) is 13.7. The summed E-state index contributed by atoms with van der Waals surface area (Å²) in [6.45, 7) is 7.51. The molecule has 0 heterocycles. The van der Waals surface area contributed by atoms with E-state index in [0.29, 0.717) is 6.61 Å². The molecule has 0 radical (unpaired) electrons. The molecule has 0 rings (SSSR count). The monoisotopic (exact) mass is 593 g/mol. The van der Waals surface area contributed by atoms with E-state index in [4.69, 9.17) is 4.74 Å². The molecular formula is C40H80O2. The molecule has 0 saturated heterocycles.